The van der Waals surface area contributed by atoms with Gasteiger partial charge in [-0.2, -0.15) is 0 Å². The number of amides is 1. The summed E-state index contributed by atoms with van der Waals surface area (Å²) in [6.07, 6.45) is 0.505. The van der Waals surface area contributed by atoms with Crippen LogP contribution in [-0.2, 0) is 11.4 Å². The molecule has 2 aromatic rings. The minimum absolute atomic E-state index is 0.107. The Kier molecular flexibility index (Phi) is 4.13. The smallest absolute Gasteiger partial charge is 0.228 e. The third kappa shape index (κ3) is 3.10. The third-order valence-electron chi connectivity index (χ3n) is 4.25. The Morgan fingerprint density at radius 1 is 1.30 bits per heavy atom. The van der Waals surface area contributed by atoms with Gasteiger partial charge in [-0.3, -0.25) is 4.79 Å². The zero-order chi connectivity index (χ0) is 16.6. The lowest BCUT2D eigenvalue weighted by atomic mass is 10.1. The molecule has 1 fully saturated rings. The zero-order valence-electron chi connectivity index (χ0n) is 12.6. The summed E-state index contributed by atoms with van der Waals surface area (Å²) in [5, 5.41) is 12.0. The number of carbonyl (C=O) groups excluding carboxylic acids is 1. The number of anilines is 1. The summed E-state index contributed by atoms with van der Waals surface area (Å²) in [5.74, 6) is -2.61. The molecular weight excluding hydrogens is 300 g/mol. The molecule has 2 aromatic carbocycles. The van der Waals surface area contributed by atoms with Gasteiger partial charge in [-0.1, -0.05) is 24.3 Å². The van der Waals surface area contributed by atoms with Crippen molar-refractivity contribution in [2.45, 2.75) is 25.9 Å². The van der Waals surface area contributed by atoms with E-state index in [-0.39, 0.29) is 29.9 Å². The number of rotatable bonds is 4. The maximum atomic E-state index is 13.8. The highest BCUT2D eigenvalue weighted by Gasteiger charge is 2.45. The molecule has 2 atom stereocenters. The van der Waals surface area contributed by atoms with Gasteiger partial charge < -0.3 is 10.4 Å². The van der Waals surface area contributed by atoms with Crippen molar-refractivity contribution in [1.29, 1.82) is 0 Å². The molecule has 2 unspecified atom stereocenters. The minimum Gasteiger partial charge on any atom is -0.392 e. The predicted octanol–water partition coefficient (Wildman–Crippen LogP) is 3.51. The molecule has 1 saturated carbocycles. The van der Waals surface area contributed by atoms with Crippen molar-refractivity contribution in [2.75, 3.05) is 5.32 Å². The first-order valence-corrected chi connectivity index (χ1v) is 7.46. The van der Waals surface area contributed by atoms with E-state index >= 15 is 0 Å². The van der Waals surface area contributed by atoms with E-state index in [9.17, 15) is 13.6 Å². The van der Waals surface area contributed by atoms with Crippen molar-refractivity contribution in [1.82, 2.24) is 0 Å². The maximum Gasteiger partial charge on any atom is 0.228 e. The highest BCUT2D eigenvalue weighted by atomic mass is 19.2. The van der Waals surface area contributed by atoms with Crippen LogP contribution >= 0.6 is 0 Å². The summed E-state index contributed by atoms with van der Waals surface area (Å²) >= 11 is 0. The molecule has 1 aliphatic rings. The summed E-state index contributed by atoms with van der Waals surface area (Å²) < 4.78 is 27.1. The van der Waals surface area contributed by atoms with Crippen molar-refractivity contribution >= 4 is 11.6 Å². The van der Waals surface area contributed by atoms with E-state index in [0.717, 1.165) is 11.6 Å². The molecule has 3 nitrogen and oxygen atoms in total. The highest BCUT2D eigenvalue weighted by Crippen LogP contribution is 2.49. The summed E-state index contributed by atoms with van der Waals surface area (Å²) in [6, 6.07) is 9.36. The topological polar surface area (TPSA) is 49.3 Å². The molecule has 0 aliphatic heterocycles. The molecule has 23 heavy (non-hydrogen) atoms. The number of hydrogen-bond donors (Lipinski definition) is 2. The minimum atomic E-state index is -0.889. The molecule has 3 rings (SSSR count). The lowest BCUT2D eigenvalue weighted by molar-refractivity contribution is -0.117. The summed E-state index contributed by atoms with van der Waals surface area (Å²) in [4.78, 5) is 12.3. The third-order valence-corrected chi connectivity index (χ3v) is 4.25. The van der Waals surface area contributed by atoms with Gasteiger partial charge in [0.15, 0.2) is 11.6 Å². The van der Waals surface area contributed by atoms with E-state index in [2.05, 4.69) is 5.32 Å². The number of benzene rings is 2. The van der Waals surface area contributed by atoms with Crippen LogP contribution in [-0.4, -0.2) is 11.0 Å². The van der Waals surface area contributed by atoms with Gasteiger partial charge in [0.1, 0.15) is 0 Å². The average molecular weight is 317 g/mol. The monoisotopic (exact) mass is 317 g/mol. The Labute approximate surface area is 133 Å². The first-order valence-electron chi connectivity index (χ1n) is 7.46. The van der Waals surface area contributed by atoms with E-state index in [1.54, 1.807) is 12.1 Å². The molecular formula is C18H17F2NO2. The van der Waals surface area contributed by atoms with Crippen molar-refractivity contribution in [3.8, 4) is 0 Å². The number of aliphatic hydroxyl groups is 1. The van der Waals surface area contributed by atoms with Crippen LogP contribution in [0.3, 0.4) is 0 Å². The van der Waals surface area contributed by atoms with Crippen LogP contribution in [0.2, 0.25) is 0 Å². The maximum absolute atomic E-state index is 13.8. The fraction of sp³-hybridized carbons (Fsp3) is 0.278. The fourth-order valence-corrected chi connectivity index (χ4v) is 2.76. The molecule has 0 saturated heterocycles. The van der Waals surface area contributed by atoms with Crippen molar-refractivity contribution in [3.63, 3.8) is 0 Å². The predicted molar refractivity (Wildman–Crippen MR) is 82.9 cm³/mol. The van der Waals surface area contributed by atoms with Gasteiger partial charge in [0.05, 0.1) is 6.61 Å². The Morgan fingerprint density at radius 3 is 2.83 bits per heavy atom. The van der Waals surface area contributed by atoms with E-state index in [0.29, 0.717) is 17.7 Å². The Hall–Kier alpha value is -2.27. The molecule has 120 valence electrons. The first-order chi connectivity index (χ1) is 11.0. The number of carbonyl (C=O) groups is 1. The van der Waals surface area contributed by atoms with Crippen molar-refractivity contribution in [2.24, 2.45) is 5.92 Å². The quantitative estimate of drug-likeness (QED) is 0.906. The van der Waals surface area contributed by atoms with Crippen molar-refractivity contribution < 1.29 is 18.7 Å². The lowest BCUT2D eigenvalue weighted by Gasteiger charge is -2.10. The highest BCUT2D eigenvalue weighted by molar-refractivity contribution is 5.95. The zero-order valence-corrected chi connectivity index (χ0v) is 12.6. The largest absolute Gasteiger partial charge is 0.392 e. The molecule has 0 bridgehead atoms. The van der Waals surface area contributed by atoms with Gasteiger partial charge in [-0.25, -0.2) is 8.78 Å². The second kappa shape index (κ2) is 6.08. The molecule has 0 aromatic heterocycles. The van der Waals surface area contributed by atoms with E-state index in [1.165, 1.54) is 12.1 Å². The standard InChI is InChI=1S/C18H17F2NO2/c1-10-5-6-11(9-22)7-16(10)21-18(23)14-8-13(14)12-3-2-4-15(19)17(12)20/h2-7,13-14,22H,8-9H2,1H3,(H,21,23). The lowest BCUT2D eigenvalue weighted by Crippen LogP contribution is -2.15. The molecule has 5 heteroatoms. The van der Waals surface area contributed by atoms with Crippen LogP contribution in [0.25, 0.3) is 0 Å². The van der Waals surface area contributed by atoms with Crippen LogP contribution < -0.4 is 5.32 Å². The molecule has 0 spiro atoms. The molecule has 0 heterocycles. The fourth-order valence-electron chi connectivity index (χ4n) is 2.76. The van der Waals surface area contributed by atoms with Gasteiger partial charge in [0.2, 0.25) is 5.91 Å². The molecule has 2 N–H and O–H groups in total. The van der Waals surface area contributed by atoms with E-state index < -0.39 is 11.6 Å². The van der Waals surface area contributed by atoms with Gasteiger partial charge in [0, 0.05) is 11.6 Å². The SMILES string of the molecule is Cc1ccc(CO)cc1NC(=O)C1CC1c1cccc(F)c1F. The second-order valence-electron chi connectivity index (χ2n) is 5.89. The molecule has 1 aliphatic carbocycles. The first kappa shape index (κ1) is 15.6. The Balaban J connectivity index is 1.73. The summed E-state index contributed by atoms with van der Waals surface area (Å²) in [5.41, 5.74) is 2.47. The van der Waals surface area contributed by atoms with Crippen molar-refractivity contribution in [3.05, 3.63) is 64.7 Å². The Morgan fingerprint density at radius 2 is 2.09 bits per heavy atom. The average Bonchev–Trinajstić information content (AvgIpc) is 3.32. The second-order valence-corrected chi connectivity index (χ2v) is 5.89. The van der Waals surface area contributed by atoms with Crippen LogP contribution in [0.15, 0.2) is 36.4 Å². The van der Waals surface area contributed by atoms with Crippen LogP contribution in [0.1, 0.15) is 29.0 Å². The summed E-state index contributed by atoms with van der Waals surface area (Å²) in [7, 11) is 0. The normalized spacial score (nSPS) is 19.5. The Bertz CT molecular complexity index is 761. The number of hydrogen-bond acceptors (Lipinski definition) is 2. The van der Waals surface area contributed by atoms with Gasteiger partial charge in [0.25, 0.3) is 0 Å². The molecule has 0 radical (unpaired) electrons. The molecule has 1 amide bonds. The van der Waals surface area contributed by atoms with Crippen LogP contribution in [0.5, 0.6) is 0 Å². The van der Waals surface area contributed by atoms with Gasteiger partial charge in [-0.05, 0) is 48.1 Å². The van der Waals surface area contributed by atoms with Crippen LogP contribution in [0, 0.1) is 24.5 Å². The van der Waals surface area contributed by atoms with Gasteiger partial charge >= 0.3 is 0 Å². The van der Waals surface area contributed by atoms with E-state index in [4.69, 9.17) is 5.11 Å². The van der Waals surface area contributed by atoms with Crippen LogP contribution in [0.4, 0.5) is 14.5 Å². The summed E-state index contributed by atoms with van der Waals surface area (Å²) in [6.45, 7) is 1.75. The van der Waals surface area contributed by atoms with E-state index in [1.807, 2.05) is 13.0 Å². The number of halogens is 2. The van der Waals surface area contributed by atoms with Gasteiger partial charge in [-0.15, -0.1) is 0 Å². The number of aryl methyl sites for hydroxylation is 1. The number of nitrogens with one attached hydrogen (secondary N) is 1. The number of aliphatic hydroxyl groups excluding tert-OH is 1.